The Bertz CT molecular complexity index is 610. The summed E-state index contributed by atoms with van der Waals surface area (Å²) in [6.45, 7) is 3.92. The highest BCUT2D eigenvalue weighted by Gasteiger charge is 2.45. The lowest BCUT2D eigenvalue weighted by atomic mass is 9.92. The van der Waals surface area contributed by atoms with Crippen LogP contribution in [0.5, 0.6) is 0 Å². The molecule has 1 atom stereocenters. The summed E-state index contributed by atoms with van der Waals surface area (Å²) in [5, 5.41) is 0. The van der Waals surface area contributed by atoms with E-state index in [9.17, 15) is 0 Å². The molecular formula is C18H19NO. The van der Waals surface area contributed by atoms with Crippen LogP contribution in [-0.4, -0.2) is 18.0 Å². The lowest BCUT2D eigenvalue weighted by Gasteiger charge is -2.25. The van der Waals surface area contributed by atoms with Crippen molar-refractivity contribution in [1.82, 2.24) is 4.90 Å². The van der Waals surface area contributed by atoms with Crippen molar-refractivity contribution in [2.45, 2.75) is 25.2 Å². The van der Waals surface area contributed by atoms with Crippen LogP contribution in [0.4, 0.5) is 0 Å². The highest BCUT2D eigenvalue weighted by Crippen LogP contribution is 2.43. The Kier molecular flexibility index (Phi) is 2.86. The molecule has 2 nitrogen and oxygen atoms in total. The number of hydrogen-bond acceptors (Lipinski definition) is 2. The molecule has 0 radical (unpaired) electrons. The average molecular weight is 265 g/mol. The number of hydrogen-bond donors (Lipinski definition) is 0. The van der Waals surface area contributed by atoms with Crippen molar-refractivity contribution in [1.29, 1.82) is 0 Å². The Morgan fingerprint density at radius 1 is 1.00 bits per heavy atom. The van der Waals surface area contributed by atoms with Crippen LogP contribution in [0.15, 0.2) is 54.6 Å². The third kappa shape index (κ3) is 1.96. The first-order valence-electron chi connectivity index (χ1n) is 7.34. The second kappa shape index (κ2) is 4.72. The van der Waals surface area contributed by atoms with E-state index in [1.807, 2.05) is 0 Å². The second-order valence-electron chi connectivity index (χ2n) is 5.89. The third-order valence-electron chi connectivity index (χ3n) is 4.57. The monoisotopic (exact) mass is 265 g/mol. The highest BCUT2D eigenvalue weighted by atomic mass is 16.5. The van der Waals surface area contributed by atoms with Gasteiger partial charge in [-0.15, -0.1) is 0 Å². The first kappa shape index (κ1) is 12.1. The molecule has 20 heavy (non-hydrogen) atoms. The topological polar surface area (TPSA) is 12.5 Å². The van der Waals surface area contributed by atoms with Crippen LogP contribution < -0.4 is 0 Å². The quantitative estimate of drug-likeness (QED) is 0.826. The zero-order chi connectivity index (χ0) is 13.4. The van der Waals surface area contributed by atoms with Gasteiger partial charge in [-0.25, -0.2) is 0 Å². The maximum Gasteiger partial charge on any atom is 0.108 e. The van der Waals surface area contributed by atoms with Gasteiger partial charge in [-0.1, -0.05) is 54.6 Å². The SMILES string of the molecule is c1ccc(CN2CC[C@@]3(C2)OCc2ccccc23)cc1. The molecule has 102 valence electrons. The number of ether oxygens (including phenoxy) is 1. The van der Waals surface area contributed by atoms with E-state index in [1.165, 1.54) is 16.7 Å². The molecule has 2 heteroatoms. The van der Waals surface area contributed by atoms with Crippen LogP contribution in [0.2, 0.25) is 0 Å². The van der Waals surface area contributed by atoms with Gasteiger partial charge < -0.3 is 4.74 Å². The Labute approximate surface area is 120 Å². The van der Waals surface area contributed by atoms with Gasteiger partial charge in [0.15, 0.2) is 0 Å². The third-order valence-corrected chi connectivity index (χ3v) is 4.57. The summed E-state index contributed by atoms with van der Waals surface area (Å²) >= 11 is 0. The summed E-state index contributed by atoms with van der Waals surface area (Å²) in [5.74, 6) is 0. The van der Waals surface area contributed by atoms with Gasteiger partial charge in [0.05, 0.1) is 6.61 Å². The van der Waals surface area contributed by atoms with Gasteiger partial charge in [-0.05, 0) is 23.1 Å². The predicted molar refractivity (Wildman–Crippen MR) is 79.2 cm³/mol. The lowest BCUT2D eigenvalue weighted by molar-refractivity contribution is -0.0299. The number of fused-ring (bicyclic) bond motifs is 2. The predicted octanol–water partition coefficient (Wildman–Crippen LogP) is 3.32. The molecule has 0 aliphatic carbocycles. The Morgan fingerprint density at radius 3 is 2.70 bits per heavy atom. The minimum atomic E-state index is -0.0502. The average Bonchev–Trinajstić information content (AvgIpc) is 3.07. The van der Waals surface area contributed by atoms with Gasteiger partial charge in [-0.3, -0.25) is 4.90 Å². The maximum atomic E-state index is 6.20. The minimum Gasteiger partial charge on any atom is -0.364 e. The molecule has 2 aromatic carbocycles. The van der Waals surface area contributed by atoms with E-state index in [0.717, 1.165) is 32.7 Å². The van der Waals surface area contributed by atoms with E-state index < -0.39 is 0 Å². The zero-order valence-electron chi connectivity index (χ0n) is 11.6. The molecule has 0 N–H and O–H groups in total. The van der Waals surface area contributed by atoms with Gasteiger partial charge in [-0.2, -0.15) is 0 Å². The molecule has 0 amide bonds. The molecule has 0 saturated carbocycles. The maximum absolute atomic E-state index is 6.20. The fourth-order valence-electron chi connectivity index (χ4n) is 3.56. The van der Waals surface area contributed by atoms with Crippen molar-refractivity contribution < 1.29 is 4.74 Å². The summed E-state index contributed by atoms with van der Waals surface area (Å²) in [4.78, 5) is 2.51. The van der Waals surface area contributed by atoms with Crippen molar-refractivity contribution in [3.8, 4) is 0 Å². The molecule has 0 aromatic heterocycles. The first-order chi connectivity index (χ1) is 9.86. The molecular weight excluding hydrogens is 246 g/mol. The van der Waals surface area contributed by atoms with Gasteiger partial charge in [0.1, 0.15) is 5.60 Å². The molecule has 1 spiro atoms. The Morgan fingerprint density at radius 2 is 1.80 bits per heavy atom. The summed E-state index contributed by atoms with van der Waals surface area (Å²) in [5.41, 5.74) is 4.12. The normalized spacial score (nSPS) is 25.2. The zero-order valence-corrected chi connectivity index (χ0v) is 11.6. The van der Waals surface area contributed by atoms with E-state index in [-0.39, 0.29) is 5.60 Å². The molecule has 2 aromatic rings. The van der Waals surface area contributed by atoms with Crippen molar-refractivity contribution in [3.05, 3.63) is 71.3 Å². The smallest absolute Gasteiger partial charge is 0.108 e. The molecule has 2 aliphatic heterocycles. The van der Waals surface area contributed by atoms with Crippen molar-refractivity contribution in [2.24, 2.45) is 0 Å². The van der Waals surface area contributed by atoms with Crippen molar-refractivity contribution in [2.75, 3.05) is 13.1 Å². The molecule has 4 rings (SSSR count). The largest absolute Gasteiger partial charge is 0.364 e. The molecule has 2 aliphatic rings. The van der Waals surface area contributed by atoms with E-state index >= 15 is 0 Å². The van der Waals surface area contributed by atoms with Crippen LogP contribution in [0.1, 0.15) is 23.1 Å². The summed E-state index contributed by atoms with van der Waals surface area (Å²) < 4.78 is 6.20. The molecule has 1 fully saturated rings. The van der Waals surface area contributed by atoms with E-state index in [0.29, 0.717) is 0 Å². The fraction of sp³-hybridized carbons (Fsp3) is 0.333. The summed E-state index contributed by atoms with van der Waals surface area (Å²) in [6, 6.07) is 19.4. The lowest BCUT2D eigenvalue weighted by Crippen LogP contribution is -2.30. The first-order valence-corrected chi connectivity index (χ1v) is 7.34. The highest BCUT2D eigenvalue weighted by molar-refractivity contribution is 5.36. The number of nitrogens with zero attached hydrogens (tertiary/aromatic N) is 1. The number of benzene rings is 2. The Balaban J connectivity index is 1.54. The standard InChI is InChI=1S/C18H19NO/c1-2-6-15(7-3-1)12-19-11-10-18(14-19)17-9-5-4-8-16(17)13-20-18/h1-9H,10-14H2/t18-/m0/s1. The van der Waals surface area contributed by atoms with Crippen LogP contribution >= 0.6 is 0 Å². The van der Waals surface area contributed by atoms with Crippen molar-refractivity contribution >= 4 is 0 Å². The Hall–Kier alpha value is -1.64. The van der Waals surface area contributed by atoms with E-state index in [4.69, 9.17) is 4.74 Å². The molecule has 1 saturated heterocycles. The van der Waals surface area contributed by atoms with E-state index in [2.05, 4.69) is 59.5 Å². The minimum absolute atomic E-state index is 0.0502. The summed E-state index contributed by atoms with van der Waals surface area (Å²) in [7, 11) is 0. The van der Waals surface area contributed by atoms with Gasteiger partial charge >= 0.3 is 0 Å². The van der Waals surface area contributed by atoms with Gasteiger partial charge in [0, 0.05) is 19.6 Å². The van der Waals surface area contributed by atoms with Crippen molar-refractivity contribution in [3.63, 3.8) is 0 Å². The van der Waals surface area contributed by atoms with Crippen LogP contribution in [0.3, 0.4) is 0 Å². The van der Waals surface area contributed by atoms with Gasteiger partial charge in [0.2, 0.25) is 0 Å². The molecule has 2 heterocycles. The number of rotatable bonds is 2. The summed E-state index contributed by atoms with van der Waals surface area (Å²) in [6.07, 6.45) is 1.11. The van der Waals surface area contributed by atoms with Crippen LogP contribution in [-0.2, 0) is 23.5 Å². The fourth-order valence-corrected chi connectivity index (χ4v) is 3.56. The van der Waals surface area contributed by atoms with Crippen LogP contribution in [0, 0.1) is 0 Å². The second-order valence-corrected chi connectivity index (χ2v) is 5.89. The van der Waals surface area contributed by atoms with E-state index in [1.54, 1.807) is 0 Å². The molecule has 0 bridgehead atoms. The molecule has 0 unspecified atom stereocenters. The van der Waals surface area contributed by atoms with Gasteiger partial charge in [0.25, 0.3) is 0 Å². The number of likely N-dealkylation sites (tertiary alicyclic amines) is 1. The van der Waals surface area contributed by atoms with Crippen LogP contribution in [0.25, 0.3) is 0 Å².